The average molecular weight is 260 g/mol. The molecule has 0 saturated heterocycles. The summed E-state index contributed by atoms with van der Waals surface area (Å²) in [5, 5.41) is 22.1. The Morgan fingerprint density at radius 1 is 1.39 bits per heavy atom. The Balaban J connectivity index is 3.68. The number of hydrogen-bond donors (Lipinski definition) is 4. The summed E-state index contributed by atoms with van der Waals surface area (Å²) in [7, 11) is 0. The topological polar surface area (TPSA) is 108 Å². The van der Waals surface area contributed by atoms with Crippen LogP contribution in [0.4, 0.5) is 4.79 Å². The lowest BCUT2D eigenvalue weighted by Gasteiger charge is -2.13. The van der Waals surface area contributed by atoms with Crippen molar-refractivity contribution in [3.05, 3.63) is 12.7 Å². The van der Waals surface area contributed by atoms with E-state index in [1.165, 1.54) is 0 Å². The molecule has 0 aromatic carbocycles. The second-order valence-corrected chi connectivity index (χ2v) is 3.49. The van der Waals surface area contributed by atoms with E-state index in [2.05, 4.69) is 17.2 Å². The van der Waals surface area contributed by atoms with Gasteiger partial charge in [-0.1, -0.05) is 6.08 Å². The van der Waals surface area contributed by atoms with Gasteiger partial charge in [-0.3, -0.25) is 0 Å². The van der Waals surface area contributed by atoms with Crippen molar-refractivity contribution in [1.82, 2.24) is 10.6 Å². The number of nitrogens with one attached hydrogen (secondary N) is 2. The number of aliphatic hydroxyl groups is 1. The molecule has 0 aliphatic heterocycles. The van der Waals surface area contributed by atoms with E-state index < -0.39 is 18.0 Å². The molecular weight excluding hydrogens is 240 g/mol. The quantitative estimate of drug-likeness (QED) is 0.319. The molecule has 0 spiro atoms. The van der Waals surface area contributed by atoms with Crippen molar-refractivity contribution in [2.24, 2.45) is 0 Å². The zero-order valence-electron chi connectivity index (χ0n) is 10.2. The molecule has 0 bridgehead atoms. The van der Waals surface area contributed by atoms with Crippen molar-refractivity contribution >= 4 is 12.0 Å². The standard InChI is InChI=1S/C11H20N2O5/c1-2-3-7-18-8-5-12-11(17)13-9(4-6-14)10(15)16/h2,9,14H,1,3-8H2,(H,15,16)(H2,12,13,17)/t9-/m1/s1. The molecular formula is C11H20N2O5. The molecule has 7 heteroatoms. The zero-order valence-corrected chi connectivity index (χ0v) is 10.2. The van der Waals surface area contributed by atoms with Crippen LogP contribution in [0.1, 0.15) is 12.8 Å². The second kappa shape index (κ2) is 10.5. The number of amides is 2. The molecule has 18 heavy (non-hydrogen) atoms. The minimum Gasteiger partial charge on any atom is -0.480 e. The van der Waals surface area contributed by atoms with Crippen molar-refractivity contribution in [2.45, 2.75) is 18.9 Å². The third-order valence-corrected chi connectivity index (χ3v) is 2.02. The Hall–Kier alpha value is -1.60. The number of carbonyl (C=O) groups is 2. The second-order valence-electron chi connectivity index (χ2n) is 3.49. The summed E-state index contributed by atoms with van der Waals surface area (Å²) in [4.78, 5) is 22.0. The third-order valence-electron chi connectivity index (χ3n) is 2.02. The van der Waals surface area contributed by atoms with Gasteiger partial charge in [0, 0.05) is 19.6 Å². The molecule has 0 unspecified atom stereocenters. The first-order valence-electron chi connectivity index (χ1n) is 5.68. The molecule has 7 nitrogen and oxygen atoms in total. The average Bonchev–Trinajstić information content (AvgIpc) is 2.33. The van der Waals surface area contributed by atoms with Crippen LogP contribution in [0.15, 0.2) is 12.7 Å². The van der Waals surface area contributed by atoms with Gasteiger partial charge in [0.1, 0.15) is 6.04 Å². The molecule has 0 heterocycles. The maximum atomic E-state index is 11.3. The number of aliphatic hydroxyl groups excluding tert-OH is 1. The fraction of sp³-hybridized carbons (Fsp3) is 0.636. The number of carbonyl (C=O) groups excluding carboxylic acids is 1. The molecule has 104 valence electrons. The van der Waals surface area contributed by atoms with Crippen molar-refractivity contribution < 1.29 is 24.5 Å². The molecule has 0 fully saturated rings. The monoisotopic (exact) mass is 260 g/mol. The first-order valence-corrected chi connectivity index (χ1v) is 5.68. The number of rotatable bonds is 10. The predicted molar refractivity (Wildman–Crippen MR) is 65.3 cm³/mol. The van der Waals surface area contributed by atoms with E-state index in [1.807, 2.05) is 0 Å². The van der Waals surface area contributed by atoms with Crippen LogP contribution < -0.4 is 10.6 Å². The maximum Gasteiger partial charge on any atom is 0.326 e. The number of aliphatic carboxylic acids is 1. The summed E-state index contributed by atoms with van der Waals surface area (Å²) in [6.45, 7) is 4.40. The van der Waals surface area contributed by atoms with Crippen molar-refractivity contribution in [2.75, 3.05) is 26.4 Å². The fourth-order valence-electron chi connectivity index (χ4n) is 1.10. The van der Waals surface area contributed by atoms with Gasteiger partial charge in [-0.25, -0.2) is 9.59 Å². The van der Waals surface area contributed by atoms with E-state index in [1.54, 1.807) is 6.08 Å². The summed E-state index contributed by atoms with van der Waals surface area (Å²) in [6.07, 6.45) is 2.44. The van der Waals surface area contributed by atoms with Crippen molar-refractivity contribution in [3.63, 3.8) is 0 Å². The first-order chi connectivity index (χ1) is 8.61. The van der Waals surface area contributed by atoms with Crippen LogP contribution in [0.5, 0.6) is 0 Å². The molecule has 0 aliphatic rings. The van der Waals surface area contributed by atoms with Gasteiger partial charge in [-0.15, -0.1) is 6.58 Å². The van der Waals surface area contributed by atoms with Crippen LogP contribution in [-0.4, -0.2) is 54.6 Å². The van der Waals surface area contributed by atoms with E-state index in [0.29, 0.717) is 13.2 Å². The number of hydrogen-bond acceptors (Lipinski definition) is 4. The van der Waals surface area contributed by atoms with Gasteiger partial charge in [-0.2, -0.15) is 0 Å². The zero-order chi connectivity index (χ0) is 13.8. The van der Waals surface area contributed by atoms with E-state index in [-0.39, 0.29) is 19.6 Å². The van der Waals surface area contributed by atoms with Gasteiger partial charge < -0.3 is 25.6 Å². The molecule has 0 aromatic heterocycles. The highest BCUT2D eigenvalue weighted by Gasteiger charge is 2.18. The van der Waals surface area contributed by atoms with Crippen molar-refractivity contribution in [1.29, 1.82) is 0 Å². The highest BCUT2D eigenvalue weighted by atomic mass is 16.5. The lowest BCUT2D eigenvalue weighted by atomic mass is 10.2. The summed E-state index contributed by atoms with van der Waals surface area (Å²) in [5.41, 5.74) is 0. The molecule has 0 rings (SSSR count). The maximum absolute atomic E-state index is 11.3. The van der Waals surface area contributed by atoms with Gasteiger partial charge in [0.25, 0.3) is 0 Å². The van der Waals surface area contributed by atoms with Crippen LogP contribution in [0.25, 0.3) is 0 Å². The molecule has 0 saturated carbocycles. The molecule has 0 radical (unpaired) electrons. The Labute approximate surface area is 106 Å². The van der Waals surface area contributed by atoms with Gasteiger partial charge in [0.05, 0.1) is 13.2 Å². The van der Waals surface area contributed by atoms with Crippen LogP contribution >= 0.6 is 0 Å². The van der Waals surface area contributed by atoms with E-state index in [0.717, 1.165) is 6.42 Å². The Morgan fingerprint density at radius 2 is 2.11 bits per heavy atom. The fourth-order valence-corrected chi connectivity index (χ4v) is 1.10. The Morgan fingerprint density at radius 3 is 2.67 bits per heavy atom. The van der Waals surface area contributed by atoms with Crippen LogP contribution in [0.2, 0.25) is 0 Å². The normalized spacial score (nSPS) is 11.6. The number of urea groups is 1. The van der Waals surface area contributed by atoms with Crippen LogP contribution in [0.3, 0.4) is 0 Å². The number of ether oxygens (including phenoxy) is 1. The largest absolute Gasteiger partial charge is 0.480 e. The number of carboxylic acids is 1. The first kappa shape index (κ1) is 16.4. The smallest absolute Gasteiger partial charge is 0.326 e. The highest BCUT2D eigenvalue weighted by Crippen LogP contribution is 1.91. The molecule has 0 aromatic rings. The summed E-state index contributed by atoms with van der Waals surface area (Å²) in [6, 6.07) is -1.68. The summed E-state index contributed by atoms with van der Waals surface area (Å²) < 4.78 is 5.15. The third kappa shape index (κ3) is 8.54. The SMILES string of the molecule is C=CCCOCCNC(=O)N[C@H](CCO)C(=O)O. The minimum atomic E-state index is -1.18. The predicted octanol–water partition coefficient (Wildman–Crippen LogP) is -0.286. The molecule has 1 atom stereocenters. The summed E-state index contributed by atoms with van der Waals surface area (Å²) >= 11 is 0. The minimum absolute atomic E-state index is 0.0292. The van der Waals surface area contributed by atoms with Gasteiger partial charge >= 0.3 is 12.0 Å². The van der Waals surface area contributed by atoms with E-state index >= 15 is 0 Å². The van der Waals surface area contributed by atoms with Crippen LogP contribution in [-0.2, 0) is 9.53 Å². The molecule has 0 aliphatic carbocycles. The van der Waals surface area contributed by atoms with Gasteiger partial charge in [-0.05, 0) is 6.42 Å². The Bertz CT molecular complexity index is 270. The van der Waals surface area contributed by atoms with E-state index in [4.69, 9.17) is 14.9 Å². The van der Waals surface area contributed by atoms with Crippen LogP contribution in [0, 0.1) is 0 Å². The Kier molecular flexibility index (Phi) is 9.61. The lowest BCUT2D eigenvalue weighted by Crippen LogP contribution is -2.47. The number of carboxylic acid groups (broad SMARTS) is 1. The van der Waals surface area contributed by atoms with Crippen molar-refractivity contribution in [3.8, 4) is 0 Å². The summed E-state index contributed by atoms with van der Waals surface area (Å²) in [5.74, 6) is -1.18. The van der Waals surface area contributed by atoms with E-state index in [9.17, 15) is 9.59 Å². The lowest BCUT2D eigenvalue weighted by molar-refractivity contribution is -0.139. The van der Waals surface area contributed by atoms with Gasteiger partial charge in [0.15, 0.2) is 0 Å². The van der Waals surface area contributed by atoms with Gasteiger partial charge in [0.2, 0.25) is 0 Å². The molecule has 4 N–H and O–H groups in total. The molecule has 2 amide bonds. The highest BCUT2D eigenvalue weighted by molar-refractivity contribution is 5.82.